The monoisotopic (exact) mass is 372 g/mol. The number of anilines is 1. The maximum absolute atomic E-state index is 12.0. The lowest BCUT2D eigenvalue weighted by atomic mass is 10.2. The van der Waals surface area contributed by atoms with Crippen LogP contribution in [0.1, 0.15) is 11.5 Å². The van der Waals surface area contributed by atoms with Crippen LogP contribution in [-0.4, -0.2) is 27.1 Å². The number of rotatable bonds is 7. The highest BCUT2D eigenvalue weighted by Gasteiger charge is 2.11. The molecule has 1 unspecified atom stereocenters. The molecule has 0 radical (unpaired) electrons. The van der Waals surface area contributed by atoms with Crippen molar-refractivity contribution in [3.8, 4) is 0 Å². The molecule has 0 fully saturated rings. The van der Waals surface area contributed by atoms with Crippen molar-refractivity contribution in [2.75, 3.05) is 11.1 Å². The van der Waals surface area contributed by atoms with Crippen molar-refractivity contribution in [2.24, 2.45) is 0 Å². The van der Waals surface area contributed by atoms with Gasteiger partial charge in [-0.15, -0.1) is 10.2 Å². The smallest absolute Gasteiger partial charge is 0.277 e. The van der Waals surface area contributed by atoms with E-state index in [4.69, 9.17) is 9.62 Å². The third-order valence-corrected chi connectivity index (χ3v) is 4.18. The second kappa shape index (κ2) is 8.59. The Hall–Kier alpha value is -2.72. The van der Waals surface area contributed by atoms with E-state index in [9.17, 15) is 10.0 Å². The van der Waals surface area contributed by atoms with Gasteiger partial charge in [-0.1, -0.05) is 48.2 Å². The lowest BCUT2D eigenvalue weighted by Gasteiger charge is -2.12. The number of aromatic nitrogens is 2. The van der Waals surface area contributed by atoms with Crippen LogP contribution in [0.2, 0.25) is 0 Å². The first kappa shape index (κ1) is 18.1. The molecule has 0 saturated carbocycles. The molecule has 8 nitrogen and oxygen atoms in total. The Balaban J connectivity index is 1.51. The van der Waals surface area contributed by atoms with E-state index in [1.807, 2.05) is 30.3 Å². The van der Waals surface area contributed by atoms with Crippen molar-refractivity contribution < 1.29 is 19.6 Å². The molecule has 1 aromatic heterocycles. The fourth-order valence-corrected chi connectivity index (χ4v) is 2.77. The molecule has 1 heterocycles. The van der Waals surface area contributed by atoms with Crippen LogP contribution in [0.5, 0.6) is 0 Å². The third-order valence-electron chi connectivity index (χ3n) is 3.37. The van der Waals surface area contributed by atoms with Crippen LogP contribution in [0.25, 0.3) is 0 Å². The number of thioether (sulfide) groups is 1. The molecule has 0 bridgehead atoms. The van der Waals surface area contributed by atoms with Gasteiger partial charge in [0.05, 0.1) is 12.2 Å². The van der Waals surface area contributed by atoms with Crippen molar-refractivity contribution >= 4 is 29.0 Å². The lowest BCUT2D eigenvalue weighted by molar-refractivity contribution is -0.991. The maximum Gasteiger partial charge on any atom is 0.277 e. The van der Waals surface area contributed by atoms with E-state index in [1.54, 1.807) is 12.1 Å². The van der Waals surface area contributed by atoms with Crippen molar-refractivity contribution in [2.45, 2.75) is 11.6 Å². The van der Waals surface area contributed by atoms with Crippen molar-refractivity contribution in [1.29, 1.82) is 0 Å². The Morgan fingerprint density at radius 1 is 1.19 bits per heavy atom. The summed E-state index contributed by atoms with van der Waals surface area (Å²) in [6.45, 7) is 0. The summed E-state index contributed by atoms with van der Waals surface area (Å²) in [7, 11) is 0. The van der Waals surface area contributed by atoms with Crippen molar-refractivity contribution in [1.82, 2.24) is 10.2 Å². The zero-order chi connectivity index (χ0) is 18.4. The quantitative estimate of drug-likeness (QED) is 0.428. The third kappa shape index (κ3) is 5.14. The summed E-state index contributed by atoms with van der Waals surface area (Å²) in [5.74, 6) is 0.262. The molecule has 2 aromatic carbocycles. The highest BCUT2D eigenvalue weighted by Crippen LogP contribution is 2.19. The summed E-state index contributed by atoms with van der Waals surface area (Å²) in [5.41, 5.74) is 1.59. The molecule has 3 rings (SSSR count). The number of carbonyl (C=O) groups excluding carboxylic acids is 1. The molecule has 1 atom stereocenters. The zero-order valence-electron chi connectivity index (χ0n) is 13.6. The van der Waals surface area contributed by atoms with Crippen LogP contribution >= 0.6 is 11.8 Å². The maximum atomic E-state index is 12.0. The molecule has 0 aliphatic rings. The fraction of sp³-hybridized carbons (Fsp3) is 0.118. The van der Waals surface area contributed by atoms with Gasteiger partial charge in [0.2, 0.25) is 11.8 Å². The normalized spacial score (nSPS) is 11.9. The molecule has 134 valence electrons. The summed E-state index contributed by atoms with van der Waals surface area (Å²) in [6, 6.07) is 15.8. The van der Waals surface area contributed by atoms with Gasteiger partial charge in [0.15, 0.2) is 5.69 Å². The van der Waals surface area contributed by atoms with Gasteiger partial charge in [0.1, 0.15) is 0 Å². The van der Waals surface area contributed by atoms with Gasteiger partial charge in [0.25, 0.3) is 5.22 Å². The SMILES string of the molecule is O=C(CSc1nnc(Cc2ccccc2)o1)Nc1cccc([NH+]([O-])O)c1. The molecule has 9 heteroatoms. The van der Waals surface area contributed by atoms with E-state index in [-0.39, 0.29) is 17.3 Å². The van der Waals surface area contributed by atoms with Gasteiger partial charge in [-0.3, -0.25) is 4.79 Å². The van der Waals surface area contributed by atoms with Gasteiger partial charge in [0, 0.05) is 17.8 Å². The predicted octanol–water partition coefficient (Wildman–Crippen LogP) is 1.79. The zero-order valence-corrected chi connectivity index (χ0v) is 14.4. The average Bonchev–Trinajstić information content (AvgIpc) is 3.08. The summed E-state index contributed by atoms with van der Waals surface area (Å²) < 4.78 is 5.52. The number of hydrogen-bond acceptors (Lipinski definition) is 7. The van der Waals surface area contributed by atoms with E-state index >= 15 is 0 Å². The van der Waals surface area contributed by atoms with Crippen LogP contribution in [0.4, 0.5) is 11.4 Å². The number of carbonyl (C=O) groups is 1. The first-order chi connectivity index (χ1) is 12.6. The van der Waals surface area contributed by atoms with Crippen molar-refractivity contribution in [3.63, 3.8) is 0 Å². The summed E-state index contributed by atoms with van der Waals surface area (Å²) in [4.78, 5) is 12.0. The molecule has 0 aliphatic heterocycles. The molecule has 0 aliphatic carbocycles. The van der Waals surface area contributed by atoms with Gasteiger partial charge < -0.3 is 14.9 Å². The summed E-state index contributed by atoms with van der Waals surface area (Å²) in [6.07, 6.45) is 0.530. The Bertz CT molecular complexity index is 870. The van der Waals surface area contributed by atoms with E-state index in [1.165, 1.54) is 12.1 Å². The molecule has 3 aromatic rings. The van der Waals surface area contributed by atoms with Gasteiger partial charge in [-0.25, -0.2) is 5.21 Å². The summed E-state index contributed by atoms with van der Waals surface area (Å²) in [5, 5.41) is 29.7. The number of nitrogens with one attached hydrogen (secondary N) is 2. The van der Waals surface area contributed by atoms with Crippen LogP contribution in [0, 0.1) is 5.21 Å². The standard InChI is InChI=1S/C17H16N4O4S/c22-15(18-13-7-4-8-14(10-13)21(23)24)11-26-17-20-19-16(25-17)9-12-5-2-1-3-6-12/h1-8,10,21,23H,9,11H2,(H,18,22). The van der Waals surface area contributed by atoms with E-state index < -0.39 is 5.23 Å². The Morgan fingerprint density at radius 2 is 2.00 bits per heavy atom. The van der Waals surface area contributed by atoms with Crippen LogP contribution in [-0.2, 0) is 11.2 Å². The van der Waals surface area contributed by atoms with Crippen LogP contribution in [0.3, 0.4) is 0 Å². The van der Waals surface area contributed by atoms with Gasteiger partial charge in [-0.05, 0) is 11.6 Å². The average molecular weight is 372 g/mol. The van der Waals surface area contributed by atoms with Gasteiger partial charge >= 0.3 is 0 Å². The van der Waals surface area contributed by atoms with E-state index in [0.717, 1.165) is 17.3 Å². The molecular weight excluding hydrogens is 356 g/mol. The number of nitrogens with zero attached hydrogens (tertiary/aromatic N) is 2. The molecule has 1 amide bonds. The largest absolute Gasteiger partial charge is 0.595 e. The first-order valence-electron chi connectivity index (χ1n) is 7.72. The summed E-state index contributed by atoms with van der Waals surface area (Å²) >= 11 is 1.12. The Labute approximate surface area is 153 Å². The number of amides is 1. The van der Waals surface area contributed by atoms with Gasteiger partial charge in [-0.2, -0.15) is 5.23 Å². The second-order valence-electron chi connectivity index (χ2n) is 5.35. The molecule has 3 N–H and O–H groups in total. The molecule has 0 spiro atoms. The topological polar surface area (TPSA) is 116 Å². The lowest BCUT2D eigenvalue weighted by Crippen LogP contribution is -2.99. The minimum absolute atomic E-state index is 0.0737. The number of benzene rings is 2. The van der Waals surface area contributed by atoms with Crippen molar-refractivity contribution in [3.05, 3.63) is 71.3 Å². The Morgan fingerprint density at radius 3 is 2.77 bits per heavy atom. The minimum atomic E-state index is -1.05. The predicted molar refractivity (Wildman–Crippen MR) is 95.1 cm³/mol. The second-order valence-corrected chi connectivity index (χ2v) is 6.27. The first-order valence-corrected chi connectivity index (χ1v) is 8.71. The highest BCUT2D eigenvalue weighted by atomic mass is 32.2. The molecular formula is C17H16N4O4S. The van der Waals surface area contributed by atoms with E-state index in [2.05, 4.69) is 15.5 Å². The minimum Gasteiger partial charge on any atom is -0.595 e. The Kier molecular flexibility index (Phi) is 5.97. The van der Waals surface area contributed by atoms with Crippen LogP contribution in [0.15, 0.2) is 64.2 Å². The molecule has 0 saturated heterocycles. The number of hydrogen-bond donors (Lipinski definition) is 3. The highest BCUT2D eigenvalue weighted by molar-refractivity contribution is 7.99. The van der Waals surface area contributed by atoms with E-state index in [0.29, 0.717) is 23.2 Å². The molecule has 26 heavy (non-hydrogen) atoms. The fourth-order valence-electron chi connectivity index (χ4n) is 2.19. The van der Waals surface area contributed by atoms with Crippen LogP contribution < -0.4 is 10.5 Å². The number of quaternary nitrogens is 1.